The highest BCUT2D eigenvalue weighted by atomic mass is 16.5. The lowest BCUT2D eigenvalue weighted by molar-refractivity contribution is 0.442. The number of pyridine rings is 2. The molecule has 3 aromatic heterocycles. The Kier molecular flexibility index (Phi) is 4.51. The molecular weight excluding hydrogens is 348 g/mol. The molecule has 4 aromatic rings. The Morgan fingerprint density at radius 2 is 1.71 bits per heavy atom. The Labute approximate surface area is 165 Å². The molecule has 0 saturated carbocycles. The quantitative estimate of drug-likeness (QED) is 0.492. The van der Waals surface area contributed by atoms with Crippen LogP contribution in [-0.2, 0) is 12.5 Å². The number of aromatic nitrogens is 3. The van der Waals surface area contributed by atoms with Crippen molar-refractivity contribution >= 4 is 22.4 Å². The molecular formula is C23H24N4O. The Morgan fingerprint density at radius 3 is 2.54 bits per heavy atom. The van der Waals surface area contributed by atoms with E-state index in [1.807, 2.05) is 54.2 Å². The van der Waals surface area contributed by atoms with Gasteiger partial charge in [-0.1, -0.05) is 39.0 Å². The highest BCUT2D eigenvalue weighted by molar-refractivity contribution is 5.92. The zero-order valence-electron chi connectivity index (χ0n) is 16.6. The number of rotatable bonds is 4. The van der Waals surface area contributed by atoms with E-state index in [1.165, 1.54) is 0 Å². The van der Waals surface area contributed by atoms with Crippen molar-refractivity contribution in [2.75, 3.05) is 5.32 Å². The molecule has 0 fully saturated rings. The monoisotopic (exact) mass is 372 g/mol. The summed E-state index contributed by atoms with van der Waals surface area (Å²) >= 11 is 0. The largest absolute Gasteiger partial charge is 0.437 e. The number of fused-ring (bicyclic) bond motifs is 1. The summed E-state index contributed by atoms with van der Waals surface area (Å²) in [5.74, 6) is 1.36. The molecule has 3 heterocycles. The molecule has 0 saturated heterocycles. The first-order chi connectivity index (χ1) is 13.4. The van der Waals surface area contributed by atoms with Gasteiger partial charge >= 0.3 is 0 Å². The molecule has 0 atom stereocenters. The SMILES string of the molecule is Cn1ccc2c(Nc3cccnc3Oc3ccccc3C(C)(C)C)ccnc21. The first kappa shape index (κ1) is 18.0. The fourth-order valence-electron chi connectivity index (χ4n) is 3.27. The van der Waals surface area contributed by atoms with Crippen LogP contribution in [0.15, 0.2) is 67.1 Å². The Bertz CT molecular complexity index is 1120. The van der Waals surface area contributed by atoms with E-state index in [9.17, 15) is 0 Å². The summed E-state index contributed by atoms with van der Waals surface area (Å²) in [7, 11) is 1.99. The Balaban J connectivity index is 1.71. The lowest BCUT2D eigenvalue weighted by Gasteiger charge is -2.22. The van der Waals surface area contributed by atoms with E-state index in [0.717, 1.165) is 33.7 Å². The van der Waals surface area contributed by atoms with E-state index in [0.29, 0.717) is 5.88 Å². The first-order valence-electron chi connectivity index (χ1n) is 9.33. The van der Waals surface area contributed by atoms with Crippen LogP contribution in [0, 0.1) is 0 Å². The van der Waals surface area contributed by atoms with E-state index in [4.69, 9.17) is 4.74 Å². The lowest BCUT2D eigenvalue weighted by Crippen LogP contribution is -2.12. The molecule has 0 radical (unpaired) electrons. The normalized spacial score (nSPS) is 11.6. The van der Waals surface area contributed by atoms with Crippen molar-refractivity contribution in [2.24, 2.45) is 7.05 Å². The van der Waals surface area contributed by atoms with Crippen LogP contribution in [0.1, 0.15) is 26.3 Å². The number of nitrogens with one attached hydrogen (secondary N) is 1. The second-order valence-corrected chi connectivity index (χ2v) is 7.85. The van der Waals surface area contributed by atoms with Crippen LogP contribution in [0.4, 0.5) is 11.4 Å². The maximum Gasteiger partial charge on any atom is 0.243 e. The van der Waals surface area contributed by atoms with Crippen LogP contribution in [0.25, 0.3) is 11.0 Å². The van der Waals surface area contributed by atoms with E-state index < -0.39 is 0 Å². The van der Waals surface area contributed by atoms with Crippen LogP contribution < -0.4 is 10.1 Å². The highest BCUT2D eigenvalue weighted by Crippen LogP contribution is 2.36. The zero-order valence-corrected chi connectivity index (χ0v) is 16.6. The lowest BCUT2D eigenvalue weighted by atomic mass is 9.86. The maximum atomic E-state index is 6.26. The molecule has 142 valence electrons. The van der Waals surface area contributed by atoms with Crippen molar-refractivity contribution in [1.29, 1.82) is 0 Å². The van der Waals surface area contributed by atoms with Crippen LogP contribution in [0.2, 0.25) is 0 Å². The molecule has 0 aliphatic carbocycles. The van der Waals surface area contributed by atoms with Gasteiger partial charge in [0.1, 0.15) is 17.1 Å². The van der Waals surface area contributed by atoms with E-state index in [-0.39, 0.29) is 5.41 Å². The fourth-order valence-corrected chi connectivity index (χ4v) is 3.27. The molecule has 5 nitrogen and oxygen atoms in total. The van der Waals surface area contributed by atoms with Crippen molar-refractivity contribution in [3.05, 3.63) is 72.7 Å². The molecule has 1 N–H and O–H groups in total. The van der Waals surface area contributed by atoms with Crippen LogP contribution >= 0.6 is 0 Å². The highest BCUT2D eigenvalue weighted by Gasteiger charge is 2.20. The average Bonchev–Trinajstić information content (AvgIpc) is 3.05. The fraction of sp³-hybridized carbons (Fsp3) is 0.217. The number of ether oxygens (including phenoxy) is 1. The maximum absolute atomic E-state index is 6.26. The number of nitrogens with zero attached hydrogens (tertiary/aromatic N) is 3. The third-order valence-corrected chi connectivity index (χ3v) is 4.71. The molecule has 0 amide bonds. The molecule has 4 rings (SSSR count). The van der Waals surface area contributed by atoms with Crippen LogP contribution in [-0.4, -0.2) is 14.5 Å². The number of aryl methyl sites for hydroxylation is 1. The minimum atomic E-state index is -0.0275. The standard InChI is InChI=1S/C23H24N4O/c1-23(2,3)17-8-5-6-10-20(17)28-22-19(9-7-13-25-22)26-18-11-14-24-21-16(18)12-15-27(21)4/h5-15H,1-4H3,(H,24,26). The molecule has 0 unspecified atom stereocenters. The van der Waals surface area contributed by atoms with Gasteiger partial charge in [0.2, 0.25) is 5.88 Å². The summed E-state index contributed by atoms with van der Waals surface area (Å²) in [6.07, 6.45) is 5.55. The minimum absolute atomic E-state index is 0.0275. The van der Waals surface area contributed by atoms with Crippen molar-refractivity contribution in [3.63, 3.8) is 0 Å². The van der Waals surface area contributed by atoms with Gasteiger partial charge in [-0.2, -0.15) is 0 Å². The first-order valence-corrected chi connectivity index (χ1v) is 9.33. The van der Waals surface area contributed by atoms with Crippen molar-refractivity contribution in [1.82, 2.24) is 14.5 Å². The van der Waals surface area contributed by atoms with Crippen molar-refractivity contribution in [2.45, 2.75) is 26.2 Å². The molecule has 28 heavy (non-hydrogen) atoms. The van der Waals surface area contributed by atoms with Crippen LogP contribution in [0.3, 0.4) is 0 Å². The predicted molar refractivity (Wildman–Crippen MR) is 113 cm³/mol. The van der Waals surface area contributed by atoms with Crippen LogP contribution in [0.5, 0.6) is 11.6 Å². The molecule has 0 spiro atoms. The minimum Gasteiger partial charge on any atom is -0.437 e. The summed E-state index contributed by atoms with van der Waals surface area (Å²) in [5, 5.41) is 4.52. The van der Waals surface area contributed by atoms with Crippen molar-refractivity contribution < 1.29 is 4.74 Å². The summed E-state index contributed by atoms with van der Waals surface area (Å²) < 4.78 is 8.26. The third-order valence-electron chi connectivity index (χ3n) is 4.71. The zero-order chi connectivity index (χ0) is 19.7. The second-order valence-electron chi connectivity index (χ2n) is 7.85. The number of hydrogen-bond donors (Lipinski definition) is 1. The third kappa shape index (κ3) is 3.43. The van der Waals surface area contributed by atoms with Crippen molar-refractivity contribution in [3.8, 4) is 11.6 Å². The number of anilines is 2. The van der Waals surface area contributed by atoms with Gasteiger partial charge in [-0.3, -0.25) is 0 Å². The topological polar surface area (TPSA) is 52.0 Å². The summed E-state index contributed by atoms with van der Waals surface area (Å²) in [4.78, 5) is 8.92. The molecule has 1 aromatic carbocycles. The Morgan fingerprint density at radius 1 is 0.893 bits per heavy atom. The molecule has 5 heteroatoms. The van der Waals surface area contributed by atoms with Gasteiger partial charge in [-0.05, 0) is 35.7 Å². The van der Waals surface area contributed by atoms with E-state index in [2.05, 4.69) is 48.2 Å². The smallest absolute Gasteiger partial charge is 0.243 e. The number of para-hydroxylation sites is 1. The average molecular weight is 372 g/mol. The number of benzene rings is 1. The van der Waals surface area contributed by atoms with Gasteiger partial charge in [0.15, 0.2) is 0 Å². The Hall–Kier alpha value is -3.34. The molecule has 0 aliphatic rings. The summed E-state index contributed by atoms with van der Waals surface area (Å²) in [6.45, 7) is 6.53. The summed E-state index contributed by atoms with van der Waals surface area (Å²) in [6, 6.07) is 16.0. The van der Waals surface area contributed by atoms with Gasteiger partial charge in [-0.15, -0.1) is 0 Å². The van der Waals surface area contributed by atoms with E-state index >= 15 is 0 Å². The second kappa shape index (κ2) is 7.00. The number of hydrogen-bond acceptors (Lipinski definition) is 4. The van der Waals surface area contributed by atoms with Gasteiger partial charge in [0.25, 0.3) is 0 Å². The predicted octanol–water partition coefficient (Wildman–Crippen LogP) is 5.80. The van der Waals surface area contributed by atoms with E-state index in [1.54, 1.807) is 12.4 Å². The van der Waals surface area contributed by atoms with Gasteiger partial charge < -0.3 is 14.6 Å². The summed E-state index contributed by atoms with van der Waals surface area (Å²) in [5.41, 5.74) is 3.81. The van der Waals surface area contributed by atoms with Gasteiger partial charge in [0.05, 0.1) is 5.69 Å². The van der Waals surface area contributed by atoms with Gasteiger partial charge in [-0.25, -0.2) is 9.97 Å². The van der Waals surface area contributed by atoms with Gasteiger partial charge in [0, 0.05) is 36.6 Å². The molecule has 0 aliphatic heterocycles. The molecule has 0 bridgehead atoms.